The minimum atomic E-state index is -0.589. The zero-order chi connectivity index (χ0) is 25.1. The van der Waals surface area contributed by atoms with E-state index in [1.54, 1.807) is 53.7 Å². The third-order valence-electron chi connectivity index (χ3n) is 3.60. The summed E-state index contributed by atoms with van der Waals surface area (Å²) in [7, 11) is 1.28. The fourth-order valence-corrected chi connectivity index (χ4v) is 2.38. The van der Waals surface area contributed by atoms with E-state index in [-0.39, 0.29) is 18.7 Å². The summed E-state index contributed by atoms with van der Waals surface area (Å²) in [6.07, 6.45) is -0.512. The number of ether oxygens (including phenoxy) is 5. The molecule has 0 aliphatic carbocycles. The first kappa shape index (κ1) is 27.9. The van der Waals surface area contributed by atoms with E-state index in [1.165, 1.54) is 13.2 Å². The Morgan fingerprint density at radius 2 is 1.24 bits per heavy atom. The minimum Gasteiger partial charge on any atom is -0.493 e. The van der Waals surface area contributed by atoms with E-state index in [1.807, 2.05) is 0 Å². The molecule has 0 fully saturated rings. The molecule has 0 radical (unpaired) electrons. The largest absolute Gasteiger partial charge is 0.493 e. The van der Waals surface area contributed by atoms with Gasteiger partial charge in [0.25, 0.3) is 0 Å². The predicted molar refractivity (Wildman–Crippen MR) is 122 cm³/mol. The fraction of sp³-hybridized carbons (Fsp3) is 0.609. The maximum absolute atomic E-state index is 12.0. The van der Waals surface area contributed by atoms with Crippen molar-refractivity contribution in [3.05, 3.63) is 23.8 Å². The summed E-state index contributed by atoms with van der Waals surface area (Å²) >= 11 is 0. The average Bonchev–Trinajstić information content (AvgIpc) is 2.67. The second-order valence-electron chi connectivity index (χ2n) is 9.09. The summed E-state index contributed by atoms with van der Waals surface area (Å²) in [6, 6.07) is 4.69. The van der Waals surface area contributed by atoms with E-state index < -0.39 is 29.4 Å². The van der Waals surface area contributed by atoms with E-state index >= 15 is 0 Å². The molecule has 0 saturated heterocycles. The van der Waals surface area contributed by atoms with Crippen molar-refractivity contribution in [3.8, 4) is 11.5 Å². The molecule has 2 amide bonds. The van der Waals surface area contributed by atoms with Gasteiger partial charge in [-0.05, 0) is 60.1 Å². The highest BCUT2D eigenvalue weighted by Gasteiger charge is 2.17. The molecule has 0 bridgehead atoms. The summed E-state index contributed by atoms with van der Waals surface area (Å²) < 4.78 is 26.4. The van der Waals surface area contributed by atoms with Crippen molar-refractivity contribution < 1.29 is 38.1 Å². The van der Waals surface area contributed by atoms with E-state index in [4.69, 9.17) is 23.7 Å². The van der Waals surface area contributed by atoms with Gasteiger partial charge in [-0.1, -0.05) is 0 Å². The number of rotatable bonds is 10. The summed E-state index contributed by atoms with van der Waals surface area (Å²) in [4.78, 5) is 35.3. The number of hydrogen-bond acceptors (Lipinski definition) is 8. The highest BCUT2D eigenvalue weighted by atomic mass is 16.6. The van der Waals surface area contributed by atoms with Gasteiger partial charge in [-0.2, -0.15) is 0 Å². The van der Waals surface area contributed by atoms with Crippen LogP contribution >= 0.6 is 0 Å². The average molecular weight is 469 g/mol. The molecule has 10 heteroatoms. The molecule has 1 aromatic carbocycles. The Kier molecular flexibility index (Phi) is 10.8. The Hall–Kier alpha value is -3.17. The van der Waals surface area contributed by atoms with Gasteiger partial charge in [0.05, 0.1) is 25.8 Å². The molecule has 0 atom stereocenters. The number of nitrogens with one attached hydrogen (secondary N) is 2. The van der Waals surface area contributed by atoms with Crippen molar-refractivity contribution in [1.29, 1.82) is 0 Å². The third-order valence-corrected chi connectivity index (χ3v) is 3.60. The van der Waals surface area contributed by atoms with Crippen molar-refractivity contribution in [2.24, 2.45) is 0 Å². The Morgan fingerprint density at radius 3 is 1.73 bits per heavy atom. The van der Waals surface area contributed by atoms with E-state index in [2.05, 4.69) is 10.6 Å². The molecule has 186 valence electrons. The van der Waals surface area contributed by atoms with Gasteiger partial charge in [0.2, 0.25) is 0 Å². The molecule has 0 spiro atoms. The molecular weight excluding hydrogens is 432 g/mol. The normalized spacial score (nSPS) is 11.2. The Labute approximate surface area is 195 Å². The predicted octanol–water partition coefficient (Wildman–Crippen LogP) is 3.67. The van der Waals surface area contributed by atoms with E-state index in [0.717, 1.165) is 0 Å². The zero-order valence-electron chi connectivity index (χ0n) is 20.5. The summed E-state index contributed by atoms with van der Waals surface area (Å²) in [5.74, 6) is 0.250. The van der Waals surface area contributed by atoms with Gasteiger partial charge < -0.3 is 34.3 Å². The lowest BCUT2D eigenvalue weighted by atomic mass is 10.2. The fourth-order valence-electron chi connectivity index (χ4n) is 2.38. The van der Waals surface area contributed by atoms with Crippen molar-refractivity contribution in [1.82, 2.24) is 10.6 Å². The molecule has 33 heavy (non-hydrogen) atoms. The first-order valence-corrected chi connectivity index (χ1v) is 10.7. The Morgan fingerprint density at radius 1 is 0.758 bits per heavy atom. The van der Waals surface area contributed by atoms with Crippen molar-refractivity contribution >= 4 is 18.2 Å². The topological polar surface area (TPSA) is 121 Å². The number of alkyl carbamates (subject to hydrolysis) is 2. The molecule has 2 N–H and O–H groups in total. The number of amides is 2. The van der Waals surface area contributed by atoms with Gasteiger partial charge in [-0.3, -0.25) is 0 Å². The monoisotopic (exact) mass is 468 g/mol. The minimum absolute atomic E-state index is 0.156. The van der Waals surface area contributed by atoms with E-state index in [0.29, 0.717) is 31.1 Å². The lowest BCUT2D eigenvalue weighted by molar-refractivity contribution is 0.0511. The van der Waals surface area contributed by atoms with Crippen LogP contribution < -0.4 is 20.1 Å². The Balaban J connectivity index is 2.56. The molecule has 0 aromatic heterocycles. The lowest BCUT2D eigenvalue weighted by Crippen LogP contribution is -2.34. The number of carbonyl (C=O) groups excluding carboxylic acids is 3. The van der Waals surface area contributed by atoms with Gasteiger partial charge in [-0.25, -0.2) is 14.4 Å². The second-order valence-corrected chi connectivity index (χ2v) is 9.09. The van der Waals surface area contributed by atoms with Crippen LogP contribution in [0, 0.1) is 0 Å². The maximum atomic E-state index is 12.0. The number of carbonyl (C=O) groups is 3. The van der Waals surface area contributed by atoms with Crippen molar-refractivity contribution in [2.45, 2.75) is 59.2 Å². The van der Waals surface area contributed by atoms with Crippen LogP contribution in [0.4, 0.5) is 9.59 Å². The van der Waals surface area contributed by atoms with Crippen LogP contribution in [-0.4, -0.2) is 62.8 Å². The van der Waals surface area contributed by atoms with Crippen LogP contribution in [0.25, 0.3) is 0 Å². The van der Waals surface area contributed by atoms with Crippen LogP contribution in [0.2, 0.25) is 0 Å². The summed E-state index contributed by atoms with van der Waals surface area (Å²) in [5.41, 5.74) is -0.890. The van der Waals surface area contributed by atoms with Gasteiger partial charge in [0, 0.05) is 12.6 Å². The van der Waals surface area contributed by atoms with Gasteiger partial charge >= 0.3 is 18.2 Å². The molecule has 0 aliphatic rings. The first-order chi connectivity index (χ1) is 15.3. The van der Waals surface area contributed by atoms with Crippen LogP contribution in [0.3, 0.4) is 0 Å². The molecule has 10 nitrogen and oxygen atoms in total. The molecule has 1 rings (SSSR count). The third kappa shape index (κ3) is 13.1. The lowest BCUT2D eigenvalue weighted by Gasteiger charge is -2.20. The van der Waals surface area contributed by atoms with Crippen LogP contribution in [0.15, 0.2) is 18.2 Å². The molecule has 0 unspecified atom stereocenters. The first-order valence-electron chi connectivity index (χ1n) is 10.7. The molecular formula is C23H36N2O8. The standard InChI is InChI=1S/C23H36N2O8/c1-22(2,3)32-20(27)24-9-8-11-30-17-13-16(19(26)29-7)14-18(15-17)31-12-10-25-21(28)33-23(4,5)6/h13-15H,8-12H2,1-7H3,(H,24,27)(H,25,28). The maximum Gasteiger partial charge on any atom is 0.407 e. The smallest absolute Gasteiger partial charge is 0.407 e. The molecule has 1 aromatic rings. The summed E-state index contributed by atoms with van der Waals surface area (Å²) in [5, 5.41) is 5.24. The molecule has 0 aliphatic heterocycles. The zero-order valence-corrected chi connectivity index (χ0v) is 20.5. The van der Waals surface area contributed by atoms with Crippen LogP contribution in [0.1, 0.15) is 58.3 Å². The summed E-state index contributed by atoms with van der Waals surface area (Å²) in [6.45, 7) is 11.7. The SMILES string of the molecule is COC(=O)c1cc(OCCCNC(=O)OC(C)(C)C)cc(OCCNC(=O)OC(C)(C)C)c1. The number of benzene rings is 1. The number of hydrogen-bond donors (Lipinski definition) is 2. The second kappa shape index (κ2) is 12.8. The van der Waals surface area contributed by atoms with Gasteiger partial charge in [-0.15, -0.1) is 0 Å². The van der Waals surface area contributed by atoms with E-state index in [9.17, 15) is 14.4 Å². The number of methoxy groups -OCH3 is 1. The molecule has 0 heterocycles. The quantitative estimate of drug-likeness (QED) is 0.303. The van der Waals surface area contributed by atoms with Crippen LogP contribution in [-0.2, 0) is 14.2 Å². The van der Waals surface area contributed by atoms with Crippen molar-refractivity contribution in [3.63, 3.8) is 0 Å². The number of esters is 1. The van der Waals surface area contributed by atoms with Gasteiger partial charge in [0.1, 0.15) is 29.3 Å². The molecule has 0 saturated carbocycles. The van der Waals surface area contributed by atoms with Crippen molar-refractivity contribution in [2.75, 3.05) is 33.4 Å². The van der Waals surface area contributed by atoms with Gasteiger partial charge in [0.15, 0.2) is 0 Å². The highest BCUT2D eigenvalue weighted by molar-refractivity contribution is 5.90. The highest BCUT2D eigenvalue weighted by Crippen LogP contribution is 2.24. The Bertz CT molecular complexity index is 797. The van der Waals surface area contributed by atoms with Crippen LogP contribution in [0.5, 0.6) is 11.5 Å².